The van der Waals surface area contributed by atoms with Crippen LogP contribution in [-0.4, -0.2) is 27.5 Å². The number of hydrogen-bond donors (Lipinski definition) is 0. The largest absolute Gasteiger partial charge is 0.460 e. The molecule has 16 heavy (non-hydrogen) atoms. The molecule has 0 bridgehead atoms. The lowest BCUT2D eigenvalue weighted by atomic mass is 10.2. The van der Waals surface area contributed by atoms with Gasteiger partial charge in [-0.3, -0.25) is 0 Å². The minimum absolute atomic E-state index is 0.186. The van der Waals surface area contributed by atoms with Crippen LogP contribution in [-0.2, 0) is 14.0 Å². The van der Waals surface area contributed by atoms with E-state index in [1.165, 1.54) is 0 Å². The van der Waals surface area contributed by atoms with Gasteiger partial charge in [-0.05, 0) is 25.1 Å². The van der Waals surface area contributed by atoms with Gasteiger partial charge in [0.05, 0.1) is 6.61 Å². The molecule has 0 amide bonds. The monoisotopic (exact) mass is 244 g/mol. The van der Waals surface area contributed by atoms with E-state index < -0.39 is 8.32 Å². The molecule has 0 heterocycles. The van der Waals surface area contributed by atoms with Crippen LogP contribution in [0.3, 0.4) is 0 Å². The molecule has 0 aromatic rings. The lowest BCUT2D eigenvalue weighted by Gasteiger charge is -2.36. The molecule has 0 N–H and O–H groups in total. The Balaban J connectivity index is 3.92. The van der Waals surface area contributed by atoms with Crippen LogP contribution in [0.25, 0.3) is 0 Å². The van der Waals surface area contributed by atoms with Gasteiger partial charge in [-0.15, -0.1) is 0 Å². The summed E-state index contributed by atoms with van der Waals surface area (Å²) in [5, 5.41) is 0.186. The third-order valence-corrected chi connectivity index (χ3v) is 7.47. The molecule has 0 spiro atoms. The first kappa shape index (κ1) is 15.4. The fourth-order valence-electron chi connectivity index (χ4n) is 0.771. The van der Waals surface area contributed by atoms with Crippen molar-refractivity contribution < 1.29 is 14.0 Å². The molecule has 0 aromatic carbocycles. The van der Waals surface area contributed by atoms with Crippen molar-refractivity contribution in [1.29, 1.82) is 0 Å². The summed E-state index contributed by atoms with van der Waals surface area (Å²) in [7, 11) is -1.72. The molecule has 0 aliphatic rings. The molecule has 0 aliphatic heterocycles. The zero-order valence-corrected chi connectivity index (χ0v) is 12.3. The van der Waals surface area contributed by atoms with Gasteiger partial charge in [0.1, 0.15) is 6.61 Å². The van der Waals surface area contributed by atoms with Gasteiger partial charge >= 0.3 is 5.97 Å². The molecule has 3 nitrogen and oxygen atoms in total. The number of rotatable bonds is 5. The Kier molecular flexibility index (Phi) is 5.42. The summed E-state index contributed by atoms with van der Waals surface area (Å²) in [6.45, 7) is 16.8. The van der Waals surface area contributed by atoms with Gasteiger partial charge < -0.3 is 9.16 Å². The Morgan fingerprint density at radius 3 is 2.12 bits per heavy atom. The third-order valence-electron chi connectivity index (χ3n) is 2.93. The topological polar surface area (TPSA) is 35.5 Å². The number of ether oxygens (including phenoxy) is 1. The molecule has 0 rings (SSSR count). The van der Waals surface area contributed by atoms with E-state index in [1.54, 1.807) is 6.92 Å². The number of hydrogen-bond acceptors (Lipinski definition) is 3. The Labute approximate surface area is 100.0 Å². The molecule has 0 unspecified atom stereocenters. The van der Waals surface area contributed by atoms with Crippen LogP contribution in [0.15, 0.2) is 12.2 Å². The molecule has 0 aromatic heterocycles. The predicted octanol–water partition coefficient (Wildman–Crippen LogP) is 3.13. The Hall–Kier alpha value is -0.613. The summed E-state index contributed by atoms with van der Waals surface area (Å²) in [5.41, 5.74) is 0.423. The van der Waals surface area contributed by atoms with E-state index in [-0.39, 0.29) is 11.0 Å². The second-order valence-corrected chi connectivity index (χ2v) is 10.3. The Morgan fingerprint density at radius 2 is 1.75 bits per heavy atom. The van der Waals surface area contributed by atoms with Crippen molar-refractivity contribution in [2.75, 3.05) is 13.2 Å². The van der Waals surface area contributed by atoms with E-state index in [0.717, 1.165) is 0 Å². The van der Waals surface area contributed by atoms with Crippen LogP contribution in [0.4, 0.5) is 0 Å². The molecule has 94 valence electrons. The molecule has 0 atom stereocenters. The highest BCUT2D eigenvalue weighted by Gasteiger charge is 2.36. The van der Waals surface area contributed by atoms with Crippen molar-refractivity contribution >= 4 is 14.3 Å². The fourth-order valence-corrected chi connectivity index (χ4v) is 1.80. The van der Waals surface area contributed by atoms with E-state index in [4.69, 9.17) is 9.16 Å². The minimum Gasteiger partial charge on any atom is -0.460 e. The van der Waals surface area contributed by atoms with Crippen molar-refractivity contribution in [1.82, 2.24) is 0 Å². The number of carbonyl (C=O) groups is 1. The lowest BCUT2D eigenvalue weighted by molar-refractivity contribution is -0.139. The van der Waals surface area contributed by atoms with Gasteiger partial charge in [0.2, 0.25) is 0 Å². The first-order chi connectivity index (χ1) is 7.08. The number of esters is 1. The SMILES string of the molecule is C=C(C)C(=O)OCCO[Si](C)(C)C(C)(C)C. The predicted molar refractivity (Wildman–Crippen MR) is 68.9 cm³/mol. The highest BCUT2D eigenvalue weighted by atomic mass is 28.4. The maximum Gasteiger partial charge on any atom is 0.333 e. The van der Waals surface area contributed by atoms with Gasteiger partial charge in [0, 0.05) is 5.57 Å². The average molecular weight is 244 g/mol. The molecule has 0 saturated heterocycles. The molecular formula is C12H24O3Si. The molecule has 0 aliphatic carbocycles. The van der Waals surface area contributed by atoms with E-state index in [1.807, 2.05) is 0 Å². The fraction of sp³-hybridized carbons (Fsp3) is 0.750. The van der Waals surface area contributed by atoms with Crippen LogP contribution < -0.4 is 0 Å². The van der Waals surface area contributed by atoms with Crippen LogP contribution in [0.1, 0.15) is 27.7 Å². The van der Waals surface area contributed by atoms with Crippen molar-refractivity contribution in [2.45, 2.75) is 45.8 Å². The molecular weight excluding hydrogens is 220 g/mol. The Bertz CT molecular complexity index is 264. The first-order valence-electron chi connectivity index (χ1n) is 5.54. The van der Waals surface area contributed by atoms with E-state index in [9.17, 15) is 4.79 Å². The highest BCUT2D eigenvalue weighted by molar-refractivity contribution is 6.74. The van der Waals surface area contributed by atoms with Crippen LogP contribution in [0.5, 0.6) is 0 Å². The lowest BCUT2D eigenvalue weighted by Crippen LogP contribution is -2.41. The molecule has 0 radical (unpaired) electrons. The summed E-state index contributed by atoms with van der Waals surface area (Å²) in [5.74, 6) is -0.348. The number of carbonyl (C=O) groups excluding carboxylic acids is 1. The normalized spacial score (nSPS) is 12.4. The summed E-state index contributed by atoms with van der Waals surface area (Å²) in [4.78, 5) is 11.1. The maximum absolute atomic E-state index is 11.1. The van der Waals surface area contributed by atoms with Crippen molar-refractivity contribution in [3.63, 3.8) is 0 Å². The van der Waals surface area contributed by atoms with E-state index in [0.29, 0.717) is 18.8 Å². The highest BCUT2D eigenvalue weighted by Crippen LogP contribution is 2.36. The zero-order chi connectivity index (χ0) is 13.0. The van der Waals surface area contributed by atoms with Crippen LogP contribution in [0, 0.1) is 0 Å². The first-order valence-corrected chi connectivity index (χ1v) is 8.45. The minimum atomic E-state index is -1.72. The van der Waals surface area contributed by atoms with Crippen LogP contribution in [0.2, 0.25) is 18.1 Å². The third kappa shape index (κ3) is 4.94. The Morgan fingerprint density at radius 1 is 1.25 bits per heavy atom. The maximum atomic E-state index is 11.1. The summed E-state index contributed by atoms with van der Waals surface area (Å²) in [6, 6.07) is 0. The molecule has 0 fully saturated rings. The standard InChI is InChI=1S/C12H24O3Si/c1-10(2)11(13)14-8-9-15-16(6,7)12(3,4)5/h1,8-9H2,2-7H3. The summed E-state index contributed by atoms with van der Waals surface area (Å²) in [6.07, 6.45) is 0. The van der Waals surface area contributed by atoms with Gasteiger partial charge in [-0.1, -0.05) is 27.4 Å². The van der Waals surface area contributed by atoms with Crippen LogP contribution >= 0.6 is 0 Å². The second-order valence-electron chi connectivity index (χ2n) is 5.53. The quantitative estimate of drug-likeness (QED) is 0.322. The molecule has 4 heteroatoms. The smallest absolute Gasteiger partial charge is 0.333 e. The average Bonchev–Trinajstić information content (AvgIpc) is 2.09. The van der Waals surface area contributed by atoms with Crippen molar-refractivity contribution in [3.8, 4) is 0 Å². The van der Waals surface area contributed by atoms with Gasteiger partial charge in [0.25, 0.3) is 0 Å². The molecule has 0 saturated carbocycles. The van der Waals surface area contributed by atoms with Gasteiger partial charge in [0.15, 0.2) is 8.32 Å². The summed E-state index contributed by atoms with van der Waals surface area (Å²) >= 11 is 0. The zero-order valence-electron chi connectivity index (χ0n) is 11.3. The second kappa shape index (κ2) is 5.64. The van der Waals surface area contributed by atoms with Gasteiger partial charge in [-0.2, -0.15) is 0 Å². The van der Waals surface area contributed by atoms with E-state index >= 15 is 0 Å². The van der Waals surface area contributed by atoms with E-state index in [2.05, 4.69) is 40.4 Å². The summed E-state index contributed by atoms with van der Waals surface area (Å²) < 4.78 is 10.8. The van der Waals surface area contributed by atoms with Gasteiger partial charge in [-0.25, -0.2) is 4.79 Å². The van der Waals surface area contributed by atoms with Crippen molar-refractivity contribution in [2.24, 2.45) is 0 Å². The van der Waals surface area contributed by atoms with Crippen molar-refractivity contribution in [3.05, 3.63) is 12.2 Å².